The van der Waals surface area contributed by atoms with Crippen molar-refractivity contribution in [3.05, 3.63) is 18.5 Å². The minimum atomic E-state index is -3.52. The lowest BCUT2D eigenvalue weighted by atomic mass is 9.68. The zero-order chi connectivity index (χ0) is 12.8. The van der Waals surface area contributed by atoms with Gasteiger partial charge in [-0.25, -0.2) is 18.4 Å². The first-order valence-electron chi connectivity index (χ1n) is 6.32. The van der Waals surface area contributed by atoms with Crippen LogP contribution in [0.15, 0.2) is 23.6 Å². The SMILES string of the molecule is CC1CC2(CCC2)CN1S(=O)(=O)c1ncccn1. The summed E-state index contributed by atoms with van der Waals surface area (Å²) in [6.07, 6.45) is 7.44. The second-order valence-electron chi connectivity index (χ2n) is 5.49. The summed E-state index contributed by atoms with van der Waals surface area (Å²) in [5.41, 5.74) is 0.237. The van der Waals surface area contributed by atoms with Gasteiger partial charge in [0.05, 0.1) is 0 Å². The molecule has 0 bridgehead atoms. The molecule has 1 aliphatic heterocycles. The van der Waals surface area contributed by atoms with Crippen molar-refractivity contribution >= 4 is 10.0 Å². The zero-order valence-corrected chi connectivity index (χ0v) is 11.2. The number of rotatable bonds is 2. The molecule has 2 heterocycles. The highest BCUT2D eigenvalue weighted by Gasteiger charge is 2.50. The van der Waals surface area contributed by atoms with Crippen LogP contribution < -0.4 is 0 Å². The van der Waals surface area contributed by atoms with Gasteiger partial charge in [-0.05, 0) is 37.7 Å². The van der Waals surface area contributed by atoms with E-state index in [1.165, 1.54) is 18.8 Å². The van der Waals surface area contributed by atoms with Crippen molar-refractivity contribution in [1.29, 1.82) is 0 Å². The fourth-order valence-electron chi connectivity index (χ4n) is 3.16. The summed E-state index contributed by atoms with van der Waals surface area (Å²) in [6.45, 7) is 2.61. The maximum Gasteiger partial charge on any atom is 0.279 e. The monoisotopic (exact) mass is 267 g/mol. The summed E-state index contributed by atoms with van der Waals surface area (Å²) >= 11 is 0. The van der Waals surface area contributed by atoms with Gasteiger partial charge in [-0.2, -0.15) is 4.31 Å². The summed E-state index contributed by atoms with van der Waals surface area (Å²) in [6, 6.07) is 1.68. The molecule has 1 saturated carbocycles. The molecule has 2 fully saturated rings. The first-order valence-corrected chi connectivity index (χ1v) is 7.76. The molecule has 3 rings (SSSR count). The second kappa shape index (κ2) is 3.99. The topological polar surface area (TPSA) is 63.2 Å². The Hall–Kier alpha value is -1.01. The van der Waals surface area contributed by atoms with Gasteiger partial charge in [-0.3, -0.25) is 0 Å². The molecule has 0 aromatic carbocycles. The van der Waals surface area contributed by atoms with E-state index < -0.39 is 10.0 Å². The van der Waals surface area contributed by atoms with E-state index in [2.05, 4.69) is 9.97 Å². The Morgan fingerprint density at radius 3 is 2.50 bits per heavy atom. The van der Waals surface area contributed by atoms with Crippen LogP contribution in [0.1, 0.15) is 32.6 Å². The largest absolute Gasteiger partial charge is 0.279 e. The van der Waals surface area contributed by atoms with E-state index in [4.69, 9.17) is 0 Å². The molecule has 1 saturated heterocycles. The third-order valence-corrected chi connectivity index (χ3v) is 5.99. The van der Waals surface area contributed by atoms with Crippen molar-refractivity contribution in [2.45, 2.75) is 43.8 Å². The standard InChI is InChI=1S/C12H17N3O2S/c1-10-8-12(4-2-5-12)9-15(10)18(16,17)11-13-6-3-7-14-11/h3,6-7,10H,2,4-5,8-9H2,1H3. The molecule has 0 N–H and O–H groups in total. The molecule has 1 unspecified atom stereocenters. The van der Waals surface area contributed by atoms with Gasteiger partial charge in [0.1, 0.15) is 0 Å². The van der Waals surface area contributed by atoms with Crippen molar-refractivity contribution in [1.82, 2.24) is 14.3 Å². The number of sulfonamides is 1. The van der Waals surface area contributed by atoms with Gasteiger partial charge in [0.25, 0.3) is 15.2 Å². The third kappa shape index (κ3) is 1.75. The Morgan fingerprint density at radius 2 is 2.00 bits per heavy atom. The van der Waals surface area contributed by atoms with E-state index in [0.717, 1.165) is 19.3 Å². The molecule has 1 aromatic heterocycles. The number of hydrogen-bond donors (Lipinski definition) is 0. The third-order valence-electron chi connectivity index (χ3n) is 4.21. The number of hydrogen-bond acceptors (Lipinski definition) is 4. The maximum absolute atomic E-state index is 12.5. The molecule has 2 aliphatic rings. The Balaban J connectivity index is 1.91. The fraction of sp³-hybridized carbons (Fsp3) is 0.667. The van der Waals surface area contributed by atoms with Crippen molar-refractivity contribution in [2.75, 3.05) is 6.54 Å². The molecule has 1 spiro atoms. The highest BCUT2D eigenvalue weighted by atomic mass is 32.2. The molecule has 6 heteroatoms. The van der Waals surface area contributed by atoms with Gasteiger partial charge in [-0.15, -0.1) is 0 Å². The molecular formula is C12H17N3O2S. The van der Waals surface area contributed by atoms with Crippen molar-refractivity contribution < 1.29 is 8.42 Å². The van der Waals surface area contributed by atoms with Crippen LogP contribution in [-0.4, -0.2) is 35.3 Å². The molecule has 1 aliphatic carbocycles. The second-order valence-corrected chi connectivity index (χ2v) is 7.27. The summed E-state index contributed by atoms with van der Waals surface area (Å²) in [4.78, 5) is 7.76. The van der Waals surface area contributed by atoms with Crippen LogP contribution in [0.5, 0.6) is 0 Å². The Kier molecular flexibility index (Phi) is 2.67. The normalized spacial score (nSPS) is 27.3. The number of aromatic nitrogens is 2. The predicted molar refractivity (Wildman–Crippen MR) is 66.3 cm³/mol. The first-order chi connectivity index (χ1) is 8.54. The minimum Gasteiger partial charge on any atom is -0.226 e. The van der Waals surface area contributed by atoms with Gasteiger partial charge >= 0.3 is 0 Å². The van der Waals surface area contributed by atoms with Crippen LogP contribution in [0, 0.1) is 5.41 Å². The van der Waals surface area contributed by atoms with Crippen LogP contribution in [0.4, 0.5) is 0 Å². The quantitative estimate of drug-likeness (QED) is 0.760. The van der Waals surface area contributed by atoms with E-state index in [-0.39, 0.29) is 16.6 Å². The van der Waals surface area contributed by atoms with Gasteiger partial charge in [-0.1, -0.05) is 6.42 Å². The summed E-state index contributed by atoms with van der Waals surface area (Å²) in [7, 11) is -3.52. The van der Waals surface area contributed by atoms with Crippen LogP contribution in [-0.2, 0) is 10.0 Å². The average molecular weight is 267 g/mol. The van der Waals surface area contributed by atoms with E-state index in [1.807, 2.05) is 6.92 Å². The van der Waals surface area contributed by atoms with Crippen molar-refractivity contribution in [2.24, 2.45) is 5.41 Å². The van der Waals surface area contributed by atoms with Crippen LogP contribution in [0.25, 0.3) is 0 Å². The molecule has 0 amide bonds. The average Bonchev–Trinajstić information content (AvgIpc) is 2.69. The molecule has 5 nitrogen and oxygen atoms in total. The van der Waals surface area contributed by atoms with Crippen molar-refractivity contribution in [3.63, 3.8) is 0 Å². The summed E-state index contributed by atoms with van der Waals surface area (Å²) in [5, 5.41) is -0.0757. The van der Waals surface area contributed by atoms with E-state index in [9.17, 15) is 8.42 Å². The Labute approximate surface area is 107 Å². The van der Waals surface area contributed by atoms with E-state index in [1.54, 1.807) is 10.4 Å². The lowest BCUT2D eigenvalue weighted by molar-refractivity contribution is 0.152. The van der Waals surface area contributed by atoms with Gasteiger partial charge in [0.2, 0.25) is 0 Å². The van der Waals surface area contributed by atoms with Gasteiger partial charge < -0.3 is 0 Å². The first kappa shape index (κ1) is 12.0. The maximum atomic E-state index is 12.5. The van der Waals surface area contributed by atoms with Crippen LogP contribution in [0.2, 0.25) is 0 Å². The molecule has 1 aromatic rings. The fourth-order valence-corrected chi connectivity index (χ4v) is 4.75. The predicted octanol–water partition coefficient (Wildman–Crippen LogP) is 1.43. The molecular weight excluding hydrogens is 250 g/mol. The molecule has 18 heavy (non-hydrogen) atoms. The highest BCUT2D eigenvalue weighted by Crippen LogP contribution is 2.51. The Morgan fingerprint density at radius 1 is 1.33 bits per heavy atom. The molecule has 0 radical (unpaired) electrons. The van der Waals surface area contributed by atoms with E-state index >= 15 is 0 Å². The number of nitrogens with zero attached hydrogens (tertiary/aromatic N) is 3. The molecule has 98 valence electrons. The lowest BCUT2D eigenvalue weighted by Crippen LogP contribution is -2.38. The van der Waals surface area contributed by atoms with Crippen LogP contribution in [0.3, 0.4) is 0 Å². The highest BCUT2D eigenvalue weighted by molar-refractivity contribution is 7.89. The summed E-state index contributed by atoms with van der Waals surface area (Å²) < 4.78 is 26.5. The molecule has 1 atom stereocenters. The zero-order valence-electron chi connectivity index (χ0n) is 10.4. The van der Waals surface area contributed by atoms with E-state index in [0.29, 0.717) is 6.54 Å². The van der Waals surface area contributed by atoms with Gasteiger partial charge in [0, 0.05) is 25.0 Å². The van der Waals surface area contributed by atoms with Crippen molar-refractivity contribution in [3.8, 4) is 0 Å². The smallest absolute Gasteiger partial charge is 0.226 e. The lowest BCUT2D eigenvalue weighted by Gasteiger charge is -2.37. The van der Waals surface area contributed by atoms with Gasteiger partial charge in [0.15, 0.2) is 0 Å². The minimum absolute atomic E-state index is 0.0547. The van der Waals surface area contributed by atoms with Crippen LogP contribution >= 0.6 is 0 Å². The Bertz CT molecular complexity index is 540. The summed E-state index contributed by atoms with van der Waals surface area (Å²) in [5.74, 6) is 0.